The van der Waals surface area contributed by atoms with Gasteiger partial charge in [-0.15, -0.1) is 0 Å². The Bertz CT molecular complexity index is 938. The van der Waals surface area contributed by atoms with Gasteiger partial charge >= 0.3 is 17.7 Å². The molecule has 0 spiro atoms. The molecule has 3 rings (SSSR count). The number of alkyl halides is 3. The zero-order valence-corrected chi connectivity index (χ0v) is 13.7. The van der Waals surface area contributed by atoms with E-state index in [0.29, 0.717) is 5.56 Å². The highest BCUT2D eigenvalue weighted by atomic mass is 19.4. The van der Waals surface area contributed by atoms with Crippen molar-refractivity contribution in [3.8, 4) is 11.3 Å². The smallest absolute Gasteiger partial charge is 0.434 e. The van der Waals surface area contributed by atoms with Crippen LogP contribution in [0.5, 0.6) is 0 Å². The van der Waals surface area contributed by atoms with Gasteiger partial charge in [0, 0.05) is 11.8 Å². The SMILES string of the molecule is CCOC(=O)[C@@](O)(c1c(-c2ccccc2)nc2ccccn12)C(F)(F)F. The summed E-state index contributed by atoms with van der Waals surface area (Å²) in [6, 6.07) is 12.6. The summed E-state index contributed by atoms with van der Waals surface area (Å²) in [7, 11) is 0. The summed E-state index contributed by atoms with van der Waals surface area (Å²) in [5, 5.41) is 10.6. The monoisotopic (exact) mass is 364 g/mol. The number of fused-ring (bicyclic) bond motifs is 1. The molecular formula is C18H15F3N2O3. The number of hydrogen-bond acceptors (Lipinski definition) is 4. The van der Waals surface area contributed by atoms with E-state index in [1.54, 1.807) is 36.4 Å². The van der Waals surface area contributed by atoms with Gasteiger partial charge in [-0.3, -0.25) is 4.40 Å². The van der Waals surface area contributed by atoms with Crippen LogP contribution in [0, 0.1) is 0 Å². The van der Waals surface area contributed by atoms with Crippen LogP contribution in [0.4, 0.5) is 13.2 Å². The Hall–Kier alpha value is -2.87. The average Bonchev–Trinajstić information content (AvgIpc) is 3.01. The number of nitrogens with zero attached hydrogens (tertiary/aromatic N) is 2. The third-order valence-electron chi connectivity index (χ3n) is 3.90. The van der Waals surface area contributed by atoms with Crippen LogP contribution < -0.4 is 0 Å². The normalized spacial score (nSPS) is 14.2. The molecule has 8 heteroatoms. The second-order valence-electron chi connectivity index (χ2n) is 5.53. The maximum absolute atomic E-state index is 13.9. The van der Waals surface area contributed by atoms with E-state index >= 15 is 0 Å². The van der Waals surface area contributed by atoms with Crippen LogP contribution >= 0.6 is 0 Å². The van der Waals surface area contributed by atoms with Gasteiger partial charge in [0.05, 0.1) is 12.3 Å². The third-order valence-corrected chi connectivity index (χ3v) is 3.90. The molecule has 26 heavy (non-hydrogen) atoms. The van der Waals surface area contributed by atoms with Gasteiger partial charge in [-0.2, -0.15) is 13.2 Å². The number of pyridine rings is 1. The first-order valence-electron chi connectivity index (χ1n) is 7.80. The molecule has 2 heterocycles. The summed E-state index contributed by atoms with van der Waals surface area (Å²) >= 11 is 0. The van der Waals surface area contributed by atoms with Crippen LogP contribution in [0.25, 0.3) is 16.9 Å². The number of rotatable bonds is 4. The highest BCUT2D eigenvalue weighted by Gasteiger charge is 2.65. The molecular weight excluding hydrogens is 349 g/mol. The highest BCUT2D eigenvalue weighted by Crippen LogP contribution is 2.44. The first kappa shape index (κ1) is 17.9. The molecule has 1 atom stereocenters. The van der Waals surface area contributed by atoms with Gasteiger partial charge in [0.2, 0.25) is 0 Å². The van der Waals surface area contributed by atoms with Crippen LogP contribution in [0.15, 0.2) is 54.7 Å². The van der Waals surface area contributed by atoms with E-state index in [4.69, 9.17) is 0 Å². The van der Waals surface area contributed by atoms with E-state index in [1.165, 1.54) is 25.3 Å². The number of carbonyl (C=O) groups is 1. The molecule has 1 aromatic carbocycles. The minimum atomic E-state index is -5.31. The number of carbonyl (C=O) groups excluding carboxylic acids is 1. The molecule has 0 aliphatic heterocycles. The predicted molar refractivity (Wildman–Crippen MR) is 87.2 cm³/mol. The van der Waals surface area contributed by atoms with Gasteiger partial charge in [0.15, 0.2) is 0 Å². The first-order valence-corrected chi connectivity index (χ1v) is 7.80. The van der Waals surface area contributed by atoms with Gasteiger partial charge in [0.25, 0.3) is 0 Å². The minimum Gasteiger partial charge on any atom is -0.463 e. The molecule has 136 valence electrons. The summed E-state index contributed by atoms with van der Waals surface area (Å²) in [5.41, 5.74) is -4.23. The van der Waals surface area contributed by atoms with Gasteiger partial charge in [-0.25, -0.2) is 9.78 Å². The number of aromatic nitrogens is 2. The highest BCUT2D eigenvalue weighted by molar-refractivity contribution is 5.85. The lowest BCUT2D eigenvalue weighted by molar-refractivity contribution is -0.269. The second-order valence-corrected chi connectivity index (χ2v) is 5.53. The van der Waals surface area contributed by atoms with Crippen molar-refractivity contribution in [1.82, 2.24) is 9.38 Å². The lowest BCUT2D eigenvalue weighted by Gasteiger charge is -2.28. The maximum Gasteiger partial charge on any atom is 0.434 e. The van der Waals surface area contributed by atoms with Crippen LogP contribution in [0.3, 0.4) is 0 Å². The third kappa shape index (κ3) is 2.72. The van der Waals surface area contributed by atoms with Gasteiger partial charge in [-0.1, -0.05) is 36.4 Å². The molecule has 1 N–H and O–H groups in total. The predicted octanol–water partition coefficient (Wildman–Crippen LogP) is 3.31. The molecule has 0 fully saturated rings. The number of hydrogen-bond donors (Lipinski definition) is 1. The molecule has 0 unspecified atom stereocenters. The van der Waals surface area contributed by atoms with Crippen molar-refractivity contribution in [3.05, 3.63) is 60.4 Å². The van der Waals surface area contributed by atoms with Crippen molar-refractivity contribution >= 4 is 11.6 Å². The molecule has 3 aromatic rings. The van der Waals surface area contributed by atoms with Gasteiger partial charge in [0.1, 0.15) is 11.3 Å². The number of esters is 1. The molecule has 0 saturated heterocycles. The maximum atomic E-state index is 13.9. The molecule has 2 aromatic heterocycles. The topological polar surface area (TPSA) is 63.8 Å². The standard InChI is InChI=1S/C18H15F3N2O3/c1-2-26-16(24)17(25,18(19,20)21)15-14(12-8-4-3-5-9-12)22-13-10-6-7-11-23(13)15/h3-11,25H,2H2,1H3/t17-/m0/s1. The Morgan fingerprint density at radius 2 is 1.81 bits per heavy atom. The van der Waals surface area contributed by atoms with Crippen LogP contribution in [0.2, 0.25) is 0 Å². The zero-order chi connectivity index (χ0) is 18.9. The molecule has 0 aliphatic carbocycles. The molecule has 0 radical (unpaired) electrons. The van der Waals surface area contributed by atoms with Gasteiger partial charge in [-0.05, 0) is 19.1 Å². The first-order chi connectivity index (χ1) is 12.3. The van der Waals surface area contributed by atoms with E-state index in [9.17, 15) is 23.1 Å². The number of ether oxygens (including phenoxy) is 1. The van der Waals surface area contributed by atoms with E-state index in [0.717, 1.165) is 4.40 Å². The van der Waals surface area contributed by atoms with Crippen molar-refractivity contribution in [2.24, 2.45) is 0 Å². The lowest BCUT2D eigenvalue weighted by atomic mass is 9.94. The summed E-state index contributed by atoms with van der Waals surface area (Å²) in [4.78, 5) is 16.4. The Balaban J connectivity index is 2.39. The fourth-order valence-electron chi connectivity index (χ4n) is 2.72. The molecule has 0 aliphatic rings. The summed E-state index contributed by atoms with van der Waals surface area (Å²) in [6.07, 6.45) is -4.01. The molecule has 0 bridgehead atoms. The number of imidazole rings is 1. The van der Waals surface area contributed by atoms with Gasteiger partial charge < -0.3 is 9.84 Å². The van der Waals surface area contributed by atoms with E-state index in [2.05, 4.69) is 9.72 Å². The largest absolute Gasteiger partial charge is 0.463 e. The summed E-state index contributed by atoms with van der Waals surface area (Å²) in [5.74, 6) is -1.80. The Morgan fingerprint density at radius 3 is 2.42 bits per heavy atom. The average molecular weight is 364 g/mol. The van der Waals surface area contributed by atoms with Crippen LogP contribution in [-0.4, -0.2) is 33.2 Å². The fraction of sp³-hybridized carbons (Fsp3) is 0.222. The van der Waals surface area contributed by atoms with E-state index < -0.39 is 23.4 Å². The van der Waals surface area contributed by atoms with E-state index in [1.807, 2.05) is 0 Å². The van der Waals surface area contributed by atoms with Crippen molar-refractivity contribution in [2.45, 2.75) is 18.7 Å². The minimum absolute atomic E-state index is 0.148. The lowest BCUT2D eigenvalue weighted by Crippen LogP contribution is -2.51. The number of halogens is 3. The summed E-state index contributed by atoms with van der Waals surface area (Å²) < 4.78 is 47.2. The van der Waals surface area contributed by atoms with Crippen molar-refractivity contribution in [3.63, 3.8) is 0 Å². The number of aliphatic hydroxyl groups is 1. The molecule has 5 nitrogen and oxygen atoms in total. The van der Waals surface area contributed by atoms with Crippen LogP contribution in [-0.2, 0) is 15.1 Å². The molecule has 0 saturated carbocycles. The fourth-order valence-corrected chi connectivity index (χ4v) is 2.72. The number of benzene rings is 1. The quantitative estimate of drug-likeness (QED) is 0.722. The summed E-state index contributed by atoms with van der Waals surface area (Å²) in [6.45, 7) is 1.05. The Kier molecular flexibility index (Phi) is 4.45. The Labute approximate surface area is 146 Å². The van der Waals surface area contributed by atoms with E-state index in [-0.39, 0.29) is 17.9 Å². The molecule has 0 amide bonds. The van der Waals surface area contributed by atoms with Crippen molar-refractivity contribution < 1.29 is 27.8 Å². The Morgan fingerprint density at radius 1 is 1.15 bits per heavy atom. The second kappa shape index (κ2) is 6.45. The van der Waals surface area contributed by atoms with Crippen LogP contribution in [0.1, 0.15) is 12.6 Å². The van der Waals surface area contributed by atoms with Crippen molar-refractivity contribution in [2.75, 3.05) is 6.61 Å². The van der Waals surface area contributed by atoms with Crippen molar-refractivity contribution in [1.29, 1.82) is 0 Å². The zero-order valence-electron chi connectivity index (χ0n) is 13.7.